The molecule has 0 atom stereocenters. The summed E-state index contributed by atoms with van der Waals surface area (Å²) < 4.78 is 5.38. The van der Waals surface area contributed by atoms with Gasteiger partial charge in [-0.15, -0.1) is 0 Å². The lowest BCUT2D eigenvalue weighted by molar-refractivity contribution is 0.0696. The minimum atomic E-state index is -1.02. The van der Waals surface area contributed by atoms with Gasteiger partial charge in [-0.05, 0) is 30.3 Å². The Kier molecular flexibility index (Phi) is 3.43. The minimum Gasteiger partial charge on any atom is -0.489 e. The van der Waals surface area contributed by atoms with E-state index in [1.807, 2.05) is 0 Å². The molecule has 0 aliphatic rings. The number of aromatic carboxylic acids is 1. The predicted molar refractivity (Wildman–Crippen MR) is 64.8 cm³/mol. The monoisotopic (exact) mass is 245 g/mol. The van der Waals surface area contributed by atoms with Gasteiger partial charge in [-0.3, -0.25) is 4.79 Å². The van der Waals surface area contributed by atoms with Gasteiger partial charge in [0.05, 0.1) is 11.1 Å². The Morgan fingerprint density at radius 2 is 2.11 bits per heavy atom. The number of rotatable bonds is 4. The number of carboxylic acids is 1. The molecular weight excluding hydrogens is 234 g/mol. The van der Waals surface area contributed by atoms with Crippen molar-refractivity contribution in [2.45, 2.75) is 6.61 Å². The predicted octanol–water partition coefficient (Wildman–Crippen LogP) is 1.65. The third-order valence-corrected chi connectivity index (χ3v) is 2.38. The van der Waals surface area contributed by atoms with Crippen LogP contribution in [-0.4, -0.2) is 16.1 Å². The number of carbonyl (C=O) groups is 1. The lowest BCUT2D eigenvalue weighted by Crippen LogP contribution is -2.13. The van der Waals surface area contributed by atoms with Crippen molar-refractivity contribution in [2.24, 2.45) is 0 Å². The van der Waals surface area contributed by atoms with E-state index in [9.17, 15) is 9.59 Å². The molecule has 0 unspecified atom stereocenters. The van der Waals surface area contributed by atoms with E-state index >= 15 is 0 Å². The Hall–Kier alpha value is -2.56. The second-order valence-electron chi connectivity index (χ2n) is 3.65. The topological polar surface area (TPSA) is 79.4 Å². The molecule has 1 aromatic heterocycles. The van der Waals surface area contributed by atoms with E-state index in [0.717, 1.165) is 0 Å². The molecule has 0 aliphatic heterocycles. The Morgan fingerprint density at radius 3 is 2.83 bits per heavy atom. The van der Waals surface area contributed by atoms with Crippen LogP contribution in [0.25, 0.3) is 0 Å². The van der Waals surface area contributed by atoms with Crippen LogP contribution in [0.1, 0.15) is 15.9 Å². The van der Waals surface area contributed by atoms with Gasteiger partial charge >= 0.3 is 5.97 Å². The van der Waals surface area contributed by atoms with Gasteiger partial charge < -0.3 is 14.8 Å². The molecular formula is C13H11NO4. The molecule has 0 saturated carbocycles. The Morgan fingerprint density at radius 1 is 1.28 bits per heavy atom. The Labute approximate surface area is 103 Å². The molecule has 5 heteroatoms. The molecule has 2 N–H and O–H groups in total. The Bertz CT molecular complexity index is 618. The number of hydrogen-bond donors (Lipinski definition) is 2. The van der Waals surface area contributed by atoms with Crippen LogP contribution in [0.3, 0.4) is 0 Å². The largest absolute Gasteiger partial charge is 0.489 e. The molecule has 0 saturated heterocycles. The fourth-order valence-corrected chi connectivity index (χ4v) is 1.45. The molecule has 92 valence electrons. The zero-order valence-electron chi connectivity index (χ0n) is 9.42. The minimum absolute atomic E-state index is 0.0965. The van der Waals surface area contributed by atoms with E-state index in [1.54, 1.807) is 24.3 Å². The van der Waals surface area contributed by atoms with E-state index < -0.39 is 5.97 Å². The van der Waals surface area contributed by atoms with Crippen molar-refractivity contribution < 1.29 is 14.6 Å². The van der Waals surface area contributed by atoms with Crippen LogP contribution >= 0.6 is 0 Å². The quantitative estimate of drug-likeness (QED) is 0.858. The lowest BCUT2D eigenvalue weighted by Gasteiger charge is -2.06. The number of hydrogen-bond acceptors (Lipinski definition) is 3. The fraction of sp³-hybridized carbons (Fsp3) is 0.0769. The van der Waals surface area contributed by atoms with Crippen LogP contribution in [0.4, 0.5) is 0 Å². The van der Waals surface area contributed by atoms with Gasteiger partial charge in [-0.25, -0.2) is 4.79 Å². The molecule has 2 aromatic rings. The molecule has 0 radical (unpaired) electrons. The number of aromatic amines is 1. The first-order valence-electron chi connectivity index (χ1n) is 5.29. The molecule has 0 amide bonds. The fourth-order valence-electron chi connectivity index (χ4n) is 1.45. The molecule has 1 heterocycles. The highest BCUT2D eigenvalue weighted by Crippen LogP contribution is 2.14. The molecule has 0 aliphatic carbocycles. The number of carboxylic acid groups (broad SMARTS) is 1. The Balaban J connectivity index is 2.11. The summed E-state index contributed by atoms with van der Waals surface area (Å²) in [7, 11) is 0. The van der Waals surface area contributed by atoms with Crippen molar-refractivity contribution in [3.05, 3.63) is 64.1 Å². The second-order valence-corrected chi connectivity index (χ2v) is 3.65. The van der Waals surface area contributed by atoms with Gasteiger partial charge in [0.15, 0.2) is 0 Å². The standard InChI is InChI=1S/C13H11NO4/c15-12-10(4-2-6-14-12)8-18-11-5-1-3-9(7-11)13(16)17/h1-7H,8H2,(H,14,15)(H,16,17). The normalized spacial score (nSPS) is 10.0. The number of nitrogens with one attached hydrogen (secondary N) is 1. The van der Waals surface area contributed by atoms with Crippen molar-refractivity contribution in [1.29, 1.82) is 0 Å². The average Bonchev–Trinajstić information content (AvgIpc) is 2.38. The summed E-state index contributed by atoms with van der Waals surface area (Å²) in [5.74, 6) is -0.601. The molecule has 2 rings (SSSR count). The number of aromatic nitrogens is 1. The van der Waals surface area contributed by atoms with Gasteiger partial charge in [0.1, 0.15) is 12.4 Å². The van der Waals surface area contributed by atoms with Crippen molar-refractivity contribution in [3.63, 3.8) is 0 Å². The van der Waals surface area contributed by atoms with Gasteiger partial charge in [0.2, 0.25) is 0 Å². The second kappa shape index (κ2) is 5.18. The number of pyridine rings is 1. The maximum atomic E-state index is 11.4. The summed E-state index contributed by atoms with van der Waals surface area (Å²) >= 11 is 0. The van der Waals surface area contributed by atoms with Crippen LogP contribution < -0.4 is 10.3 Å². The summed E-state index contributed by atoms with van der Waals surface area (Å²) in [5, 5.41) is 8.83. The molecule has 0 bridgehead atoms. The first-order chi connectivity index (χ1) is 8.66. The van der Waals surface area contributed by atoms with Crippen molar-refractivity contribution >= 4 is 5.97 Å². The number of ether oxygens (including phenoxy) is 1. The summed E-state index contributed by atoms with van der Waals surface area (Å²) in [4.78, 5) is 24.7. The van der Waals surface area contributed by atoms with Crippen LogP contribution in [-0.2, 0) is 6.61 Å². The molecule has 0 fully saturated rings. The van der Waals surface area contributed by atoms with E-state index in [-0.39, 0.29) is 17.7 Å². The smallest absolute Gasteiger partial charge is 0.335 e. The first kappa shape index (κ1) is 11.9. The van der Waals surface area contributed by atoms with Gasteiger partial charge in [-0.2, -0.15) is 0 Å². The zero-order valence-corrected chi connectivity index (χ0v) is 9.42. The summed E-state index contributed by atoms with van der Waals surface area (Å²) in [6, 6.07) is 9.48. The maximum absolute atomic E-state index is 11.4. The van der Waals surface area contributed by atoms with Crippen LogP contribution in [0.2, 0.25) is 0 Å². The SMILES string of the molecule is O=C(O)c1cccc(OCc2ccc[nH]c2=O)c1. The average molecular weight is 245 g/mol. The van der Waals surface area contributed by atoms with Crippen LogP contribution in [0, 0.1) is 0 Å². The van der Waals surface area contributed by atoms with Crippen molar-refractivity contribution in [1.82, 2.24) is 4.98 Å². The molecule has 1 aromatic carbocycles. The maximum Gasteiger partial charge on any atom is 0.335 e. The number of H-pyrrole nitrogens is 1. The van der Waals surface area contributed by atoms with Gasteiger partial charge in [0, 0.05) is 6.20 Å². The molecule has 5 nitrogen and oxygen atoms in total. The van der Waals surface area contributed by atoms with Crippen LogP contribution in [0.5, 0.6) is 5.75 Å². The van der Waals surface area contributed by atoms with E-state index in [4.69, 9.17) is 9.84 Å². The summed E-state index contributed by atoms with van der Waals surface area (Å²) in [5.41, 5.74) is 0.416. The van der Waals surface area contributed by atoms with Gasteiger partial charge in [-0.1, -0.05) is 6.07 Å². The van der Waals surface area contributed by atoms with Crippen molar-refractivity contribution in [3.8, 4) is 5.75 Å². The highest BCUT2D eigenvalue weighted by molar-refractivity contribution is 5.87. The zero-order chi connectivity index (χ0) is 13.0. The lowest BCUT2D eigenvalue weighted by atomic mass is 10.2. The first-order valence-corrected chi connectivity index (χ1v) is 5.29. The van der Waals surface area contributed by atoms with Gasteiger partial charge in [0.25, 0.3) is 5.56 Å². The molecule has 18 heavy (non-hydrogen) atoms. The van der Waals surface area contributed by atoms with E-state index in [1.165, 1.54) is 18.3 Å². The van der Waals surface area contributed by atoms with Crippen LogP contribution in [0.15, 0.2) is 47.4 Å². The highest BCUT2D eigenvalue weighted by Gasteiger charge is 2.04. The highest BCUT2D eigenvalue weighted by atomic mass is 16.5. The van der Waals surface area contributed by atoms with E-state index in [2.05, 4.69) is 4.98 Å². The number of benzene rings is 1. The third-order valence-electron chi connectivity index (χ3n) is 2.38. The van der Waals surface area contributed by atoms with E-state index in [0.29, 0.717) is 11.3 Å². The van der Waals surface area contributed by atoms with Crippen molar-refractivity contribution in [2.75, 3.05) is 0 Å². The summed E-state index contributed by atoms with van der Waals surface area (Å²) in [6.45, 7) is 0.0965. The molecule has 0 spiro atoms. The summed E-state index contributed by atoms with van der Waals surface area (Å²) in [6.07, 6.45) is 1.54. The third kappa shape index (κ3) is 2.76.